The van der Waals surface area contributed by atoms with Crippen molar-refractivity contribution < 1.29 is 0 Å². The van der Waals surface area contributed by atoms with Gasteiger partial charge in [0.05, 0.1) is 0 Å². The second-order valence-corrected chi connectivity index (χ2v) is 3.77. The first-order chi connectivity index (χ1) is 5.65. The molecule has 0 N–H and O–H groups in total. The van der Waals surface area contributed by atoms with Gasteiger partial charge in [0.25, 0.3) is 0 Å². The van der Waals surface area contributed by atoms with Crippen LogP contribution in [0.2, 0.25) is 5.02 Å². The summed E-state index contributed by atoms with van der Waals surface area (Å²) in [5, 5.41) is 0.906. The van der Waals surface area contributed by atoms with Crippen LogP contribution in [0.1, 0.15) is 37.8 Å². The van der Waals surface area contributed by atoms with Crippen LogP contribution in [-0.4, -0.2) is 0 Å². The third kappa shape index (κ3) is 2.01. The molecule has 1 aromatic carbocycles. The van der Waals surface area contributed by atoms with E-state index >= 15 is 0 Å². The molecule has 0 radical (unpaired) electrons. The average Bonchev–Trinajstić information content (AvgIpc) is 2.04. The summed E-state index contributed by atoms with van der Waals surface area (Å²) < 4.78 is 0. The van der Waals surface area contributed by atoms with Crippen molar-refractivity contribution in [3.05, 3.63) is 34.3 Å². The molecule has 0 aliphatic rings. The third-order valence-corrected chi connectivity index (χ3v) is 2.48. The van der Waals surface area contributed by atoms with Crippen molar-refractivity contribution in [2.45, 2.75) is 33.1 Å². The molecule has 0 spiro atoms. The van der Waals surface area contributed by atoms with Gasteiger partial charge in [-0.2, -0.15) is 0 Å². The molecular formula is C11H15Cl. The molecule has 1 aromatic rings. The van der Waals surface area contributed by atoms with Gasteiger partial charge in [-0.1, -0.05) is 44.5 Å². The van der Waals surface area contributed by atoms with Gasteiger partial charge in [0, 0.05) is 5.02 Å². The van der Waals surface area contributed by atoms with Crippen LogP contribution in [0.25, 0.3) is 0 Å². The van der Waals surface area contributed by atoms with E-state index < -0.39 is 0 Å². The molecule has 66 valence electrons. The van der Waals surface area contributed by atoms with Gasteiger partial charge in [0.1, 0.15) is 0 Å². The smallest absolute Gasteiger partial charge is 0.0440 e. The lowest BCUT2D eigenvalue weighted by Gasteiger charge is -2.07. The first-order valence-corrected chi connectivity index (χ1v) is 4.81. The van der Waals surface area contributed by atoms with Gasteiger partial charge in [-0.05, 0) is 29.5 Å². The molecule has 0 saturated heterocycles. The quantitative estimate of drug-likeness (QED) is 0.648. The Morgan fingerprint density at radius 2 is 2.00 bits per heavy atom. The van der Waals surface area contributed by atoms with Crippen LogP contribution in [0.4, 0.5) is 0 Å². The molecule has 0 bridgehead atoms. The number of halogens is 1. The summed E-state index contributed by atoms with van der Waals surface area (Å²) in [5.41, 5.74) is 2.55. The Kier molecular flexibility index (Phi) is 3.16. The molecule has 0 unspecified atom stereocenters. The largest absolute Gasteiger partial charge is 0.0840 e. The van der Waals surface area contributed by atoms with Crippen molar-refractivity contribution in [1.29, 1.82) is 0 Å². The zero-order valence-electron chi connectivity index (χ0n) is 7.89. The fourth-order valence-corrected chi connectivity index (χ4v) is 1.53. The first kappa shape index (κ1) is 9.60. The van der Waals surface area contributed by atoms with Crippen LogP contribution in [0, 0.1) is 0 Å². The molecular weight excluding hydrogens is 168 g/mol. The van der Waals surface area contributed by atoms with Gasteiger partial charge < -0.3 is 0 Å². The van der Waals surface area contributed by atoms with E-state index in [-0.39, 0.29) is 0 Å². The van der Waals surface area contributed by atoms with Gasteiger partial charge in [0.2, 0.25) is 0 Å². The highest BCUT2D eigenvalue weighted by atomic mass is 35.5. The second-order valence-electron chi connectivity index (χ2n) is 3.36. The number of benzene rings is 1. The van der Waals surface area contributed by atoms with E-state index in [9.17, 15) is 0 Å². The summed E-state index contributed by atoms with van der Waals surface area (Å²) in [5.74, 6) is 0.563. The molecule has 0 nitrogen and oxygen atoms in total. The van der Waals surface area contributed by atoms with E-state index in [1.54, 1.807) is 0 Å². The topological polar surface area (TPSA) is 0 Å². The fourth-order valence-electron chi connectivity index (χ4n) is 1.21. The van der Waals surface area contributed by atoms with Crippen molar-refractivity contribution in [1.82, 2.24) is 0 Å². The van der Waals surface area contributed by atoms with E-state index in [4.69, 9.17) is 11.6 Å². The highest BCUT2D eigenvalue weighted by molar-refractivity contribution is 6.31. The lowest BCUT2D eigenvalue weighted by molar-refractivity contribution is 0.865. The predicted octanol–water partition coefficient (Wildman–Crippen LogP) is 4.03. The van der Waals surface area contributed by atoms with E-state index in [2.05, 4.69) is 39.0 Å². The lowest BCUT2D eigenvalue weighted by Crippen LogP contribution is -1.89. The van der Waals surface area contributed by atoms with Gasteiger partial charge in [-0.3, -0.25) is 0 Å². The van der Waals surface area contributed by atoms with Gasteiger partial charge in [-0.25, -0.2) is 0 Å². The minimum absolute atomic E-state index is 0.563. The summed E-state index contributed by atoms with van der Waals surface area (Å²) in [6, 6.07) is 6.36. The molecule has 1 rings (SSSR count). The summed E-state index contributed by atoms with van der Waals surface area (Å²) in [6.45, 7) is 6.48. The zero-order chi connectivity index (χ0) is 9.14. The van der Waals surface area contributed by atoms with Crippen molar-refractivity contribution in [3.8, 4) is 0 Å². The van der Waals surface area contributed by atoms with Crippen molar-refractivity contribution >= 4 is 11.6 Å². The van der Waals surface area contributed by atoms with Crippen molar-refractivity contribution in [2.24, 2.45) is 0 Å². The molecule has 0 saturated carbocycles. The molecule has 0 aliphatic carbocycles. The molecule has 0 aromatic heterocycles. The summed E-state index contributed by atoms with van der Waals surface area (Å²) in [4.78, 5) is 0. The Balaban J connectivity index is 3.02. The summed E-state index contributed by atoms with van der Waals surface area (Å²) in [7, 11) is 0. The average molecular weight is 183 g/mol. The van der Waals surface area contributed by atoms with Gasteiger partial charge >= 0.3 is 0 Å². The van der Waals surface area contributed by atoms with Crippen LogP contribution in [0.3, 0.4) is 0 Å². The van der Waals surface area contributed by atoms with Crippen LogP contribution in [0.5, 0.6) is 0 Å². The Labute approximate surface area is 79.6 Å². The molecule has 0 amide bonds. The number of hydrogen-bond acceptors (Lipinski definition) is 0. The lowest BCUT2D eigenvalue weighted by atomic mass is 10.0. The molecule has 1 heteroatoms. The van der Waals surface area contributed by atoms with E-state index in [1.165, 1.54) is 11.1 Å². The van der Waals surface area contributed by atoms with Gasteiger partial charge in [-0.15, -0.1) is 0 Å². The molecule has 0 aliphatic heterocycles. The molecule has 0 heterocycles. The molecule has 0 atom stereocenters. The second kappa shape index (κ2) is 3.95. The minimum atomic E-state index is 0.563. The van der Waals surface area contributed by atoms with Crippen LogP contribution >= 0.6 is 11.6 Å². The fraction of sp³-hybridized carbons (Fsp3) is 0.455. The highest BCUT2D eigenvalue weighted by Gasteiger charge is 2.02. The maximum atomic E-state index is 6.07. The van der Waals surface area contributed by atoms with Crippen LogP contribution in [-0.2, 0) is 6.42 Å². The Hall–Kier alpha value is -0.490. The Morgan fingerprint density at radius 1 is 1.33 bits per heavy atom. The highest BCUT2D eigenvalue weighted by Crippen LogP contribution is 2.22. The standard InChI is InChI=1S/C11H15Cl/c1-4-9-5-6-10(8(2)3)7-11(9)12/h5-8H,4H2,1-3H3. The predicted molar refractivity (Wildman–Crippen MR) is 54.9 cm³/mol. The normalized spacial score (nSPS) is 10.8. The first-order valence-electron chi connectivity index (χ1n) is 4.43. The van der Waals surface area contributed by atoms with E-state index in [1.807, 2.05) is 0 Å². The number of aryl methyl sites for hydroxylation is 1. The Bertz CT molecular complexity index is 264. The SMILES string of the molecule is CCc1ccc(C(C)C)cc1Cl. The van der Waals surface area contributed by atoms with Crippen molar-refractivity contribution in [2.75, 3.05) is 0 Å². The Morgan fingerprint density at radius 3 is 2.42 bits per heavy atom. The number of hydrogen-bond donors (Lipinski definition) is 0. The van der Waals surface area contributed by atoms with E-state index in [0.717, 1.165) is 11.4 Å². The zero-order valence-corrected chi connectivity index (χ0v) is 8.65. The monoisotopic (exact) mass is 182 g/mol. The van der Waals surface area contributed by atoms with Crippen LogP contribution < -0.4 is 0 Å². The van der Waals surface area contributed by atoms with Gasteiger partial charge in [0.15, 0.2) is 0 Å². The van der Waals surface area contributed by atoms with E-state index in [0.29, 0.717) is 5.92 Å². The minimum Gasteiger partial charge on any atom is -0.0840 e. The van der Waals surface area contributed by atoms with Crippen molar-refractivity contribution in [3.63, 3.8) is 0 Å². The molecule has 0 fully saturated rings. The maximum absolute atomic E-state index is 6.07. The summed E-state index contributed by atoms with van der Waals surface area (Å²) in [6.07, 6.45) is 1.01. The van der Waals surface area contributed by atoms with Crippen LogP contribution in [0.15, 0.2) is 18.2 Å². The molecule has 12 heavy (non-hydrogen) atoms. The number of rotatable bonds is 2. The third-order valence-electron chi connectivity index (χ3n) is 2.12. The summed E-state index contributed by atoms with van der Waals surface area (Å²) >= 11 is 6.07. The maximum Gasteiger partial charge on any atom is 0.0440 e.